The highest BCUT2D eigenvalue weighted by atomic mass is 28.3. The van der Waals surface area contributed by atoms with Gasteiger partial charge in [-0.15, -0.1) is 0 Å². The molecular formula is C26H31N3O3Si. The lowest BCUT2D eigenvalue weighted by Crippen LogP contribution is -2.22. The molecule has 0 atom stereocenters. The van der Waals surface area contributed by atoms with Crippen molar-refractivity contribution < 1.29 is 14.6 Å². The van der Waals surface area contributed by atoms with E-state index in [1.165, 1.54) is 0 Å². The lowest BCUT2D eigenvalue weighted by Gasteiger charge is -2.16. The molecule has 0 unspecified atom stereocenters. The molecule has 2 aromatic carbocycles. The van der Waals surface area contributed by atoms with Crippen LogP contribution >= 0.6 is 0 Å². The van der Waals surface area contributed by atoms with E-state index in [1.54, 1.807) is 6.20 Å². The van der Waals surface area contributed by atoms with Crippen LogP contribution in [0.2, 0.25) is 25.7 Å². The smallest absolute Gasteiger partial charge is 0.139 e. The van der Waals surface area contributed by atoms with Crippen molar-refractivity contribution >= 4 is 19.0 Å². The largest absolute Gasteiger partial charge is 0.457 e. The summed E-state index contributed by atoms with van der Waals surface area (Å²) in [7, 11) is -1.10. The van der Waals surface area contributed by atoms with Gasteiger partial charge in [-0.3, -0.25) is 4.98 Å². The Hall–Kier alpha value is -3.00. The molecule has 0 radical (unpaired) electrons. The summed E-state index contributed by atoms with van der Waals surface area (Å²) >= 11 is 0. The molecule has 6 nitrogen and oxygen atoms in total. The van der Waals surface area contributed by atoms with E-state index in [1.807, 2.05) is 66.2 Å². The molecule has 33 heavy (non-hydrogen) atoms. The molecule has 1 N–H and O–H groups in total. The molecule has 0 aliphatic heterocycles. The lowest BCUT2D eigenvalue weighted by molar-refractivity contribution is 0.0798. The molecular weight excluding hydrogens is 430 g/mol. The van der Waals surface area contributed by atoms with Gasteiger partial charge < -0.3 is 14.6 Å². The van der Waals surface area contributed by atoms with Gasteiger partial charge in [0.05, 0.1) is 17.8 Å². The number of nitrogens with zero attached hydrogens (tertiary/aromatic N) is 3. The van der Waals surface area contributed by atoms with Gasteiger partial charge >= 0.3 is 0 Å². The first-order valence-electron chi connectivity index (χ1n) is 11.2. The molecule has 0 saturated heterocycles. The summed E-state index contributed by atoms with van der Waals surface area (Å²) in [4.78, 5) is 4.55. The van der Waals surface area contributed by atoms with Gasteiger partial charge in [0, 0.05) is 37.5 Å². The molecule has 0 aliphatic carbocycles. The second-order valence-corrected chi connectivity index (χ2v) is 15.1. The van der Waals surface area contributed by atoms with E-state index >= 15 is 0 Å². The highest BCUT2D eigenvalue weighted by Gasteiger charge is 2.13. The number of aliphatic hydroxyl groups excluding tert-OH is 1. The Morgan fingerprint density at radius 2 is 1.73 bits per heavy atom. The molecule has 0 spiro atoms. The number of rotatable bonds is 9. The third kappa shape index (κ3) is 5.87. The van der Waals surface area contributed by atoms with Crippen molar-refractivity contribution in [2.24, 2.45) is 0 Å². The zero-order chi connectivity index (χ0) is 23.4. The Labute approximate surface area is 195 Å². The van der Waals surface area contributed by atoms with Crippen molar-refractivity contribution in [2.45, 2.75) is 45.9 Å². The molecule has 2 heterocycles. The van der Waals surface area contributed by atoms with E-state index in [2.05, 4.69) is 29.7 Å². The number of hydrogen-bond donors (Lipinski definition) is 1. The van der Waals surface area contributed by atoms with E-state index in [9.17, 15) is 5.11 Å². The number of ether oxygens (including phenoxy) is 2. The highest BCUT2D eigenvalue weighted by molar-refractivity contribution is 6.76. The average molecular weight is 462 g/mol. The fraction of sp³-hybridized carbons (Fsp3) is 0.308. The van der Waals surface area contributed by atoms with Gasteiger partial charge in [-0.1, -0.05) is 19.6 Å². The molecule has 0 fully saturated rings. The van der Waals surface area contributed by atoms with Gasteiger partial charge in [0.15, 0.2) is 0 Å². The van der Waals surface area contributed by atoms with Gasteiger partial charge in [0.1, 0.15) is 18.2 Å². The Morgan fingerprint density at radius 3 is 2.45 bits per heavy atom. The minimum atomic E-state index is -1.10. The van der Waals surface area contributed by atoms with Gasteiger partial charge in [-0.25, -0.2) is 4.68 Å². The zero-order valence-corrected chi connectivity index (χ0v) is 20.7. The predicted octanol–water partition coefficient (Wildman–Crippen LogP) is 6.00. The molecule has 0 saturated carbocycles. The zero-order valence-electron chi connectivity index (χ0n) is 19.7. The third-order valence-corrected chi connectivity index (χ3v) is 7.27. The van der Waals surface area contributed by atoms with Gasteiger partial charge in [-0.2, -0.15) is 5.10 Å². The van der Waals surface area contributed by atoms with Crippen molar-refractivity contribution in [1.29, 1.82) is 0 Å². The Morgan fingerprint density at radius 1 is 0.970 bits per heavy atom. The Kier molecular flexibility index (Phi) is 6.93. The van der Waals surface area contributed by atoms with E-state index in [4.69, 9.17) is 9.47 Å². The Bertz CT molecular complexity index is 1230. The summed E-state index contributed by atoms with van der Waals surface area (Å²) in [6, 6.07) is 18.9. The predicted molar refractivity (Wildman–Crippen MR) is 134 cm³/mol. The summed E-state index contributed by atoms with van der Waals surface area (Å²) in [5, 5.41) is 14.9. The molecule has 0 bridgehead atoms. The number of pyridine rings is 1. The molecule has 4 rings (SSSR count). The van der Waals surface area contributed by atoms with Gasteiger partial charge in [0.2, 0.25) is 0 Å². The van der Waals surface area contributed by atoms with E-state index in [0.29, 0.717) is 6.73 Å². The second kappa shape index (κ2) is 9.87. The number of aryl methyl sites for hydroxylation is 1. The summed E-state index contributed by atoms with van der Waals surface area (Å²) in [5.74, 6) is 1.48. The second-order valence-electron chi connectivity index (χ2n) is 9.44. The standard InChI is InChI=1S/C26H31N3O3Si/c1-19-22(17-30)15-21-16-24(9-10-25(21)28-19)32-23-7-5-20(6-8-23)26-11-12-27-29(26)18-31-13-14-33(2,3)4/h5-12,15-16,30H,13-14,17-18H2,1-4H3. The maximum absolute atomic E-state index is 9.51. The van der Waals surface area contributed by atoms with Crippen LogP contribution in [0.1, 0.15) is 11.3 Å². The van der Waals surface area contributed by atoms with Gasteiger partial charge in [0.25, 0.3) is 0 Å². The molecule has 7 heteroatoms. The van der Waals surface area contributed by atoms with E-state index in [0.717, 1.165) is 57.6 Å². The van der Waals surface area contributed by atoms with Crippen molar-refractivity contribution in [2.75, 3.05) is 6.61 Å². The van der Waals surface area contributed by atoms with Crippen LogP contribution in [0.3, 0.4) is 0 Å². The molecule has 2 aromatic heterocycles. The van der Waals surface area contributed by atoms with Crippen molar-refractivity contribution in [3.63, 3.8) is 0 Å². The Balaban J connectivity index is 1.44. The van der Waals surface area contributed by atoms with Crippen LogP contribution in [-0.2, 0) is 18.1 Å². The third-order valence-electron chi connectivity index (χ3n) is 5.56. The maximum atomic E-state index is 9.51. The summed E-state index contributed by atoms with van der Waals surface area (Å²) in [6.07, 6.45) is 1.80. The first-order valence-corrected chi connectivity index (χ1v) is 14.9. The summed E-state index contributed by atoms with van der Waals surface area (Å²) in [6.45, 7) is 10.1. The number of benzene rings is 2. The number of aromatic nitrogens is 3. The normalized spacial score (nSPS) is 11.8. The summed E-state index contributed by atoms with van der Waals surface area (Å²) < 4.78 is 13.8. The molecule has 172 valence electrons. The molecule has 4 aromatic rings. The molecule has 0 amide bonds. The first-order chi connectivity index (χ1) is 15.8. The highest BCUT2D eigenvalue weighted by Crippen LogP contribution is 2.28. The van der Waals surface area contributed by atoms with Crippen LogP contribution in [-0.4, -0.2) is 34.6 Å². The fourth-order valence-corrected chi connectivity index (χ4v) is 4.31. The minimum Gasteiger partial charge on any atom is -0.457 e. The number of fused-ring (bicyclic) bond motifs is 1. The van der Waals surface area contributed by atoms with Crippen molar-refractivity contribution in [1.82, 2.24) is 14.8 Å². The van der Waals surface area contributed by atoms with Crippen molar-refractivity contribution in [3.05, 3.63) is 72.1 Å². The first kappa shape index (κ1) is 23.2. The van der Waals surface area contributed by atoms with Crippen LogP contribution in [0.5, 0.6) is 11.5 Å². The van der Waals surface area contributed by atoms with Crippen molar-refractivity contribution in [3.8, 4) is 22.8 Å². The monoisotopic (exact) mass is 461 g/mol. The fourth-order valence-electron chi connectivity index (χ4n) is 3.56. The van der Waals surface area contributed by atoms with Crippen LogP contribution < -0.4 is 4.74 Å². The quantitative estimate of drug-likeness (QED) is 0.244. The minimum absolute atomic E-state index is 0.0265. The van der Waals surface area contributed by atoms with E-state index in [-0.39, 0.29) is 6.61 Å². The average Bonchev–Trinajstić information content (AvgIpc) is 3.25. The summed E-state index contributed by atoms with van der Waals surface area (Å²) in [5.41, 5.74) is 4.62. The number of hydrogen-bond acceptors (Lipinski definition) is 5. The molecule has 0 aliphatic rings. The maximum Gasteiger partial charge on any atom is 0.139 e. The van der Waals surface area contributed by atoms with Crippen LogP contribution in [0.25, 0.3) is 22.2 Å². The number of aliphatic hydroxyl groups is 1. The van der Waals surface area contributed by atoms with Gasteiger partial charge in [-0.05, 0) is 73.1 Å². The van der Waals surface area contributed by atoms with Crippen LogP contribution in [0, 0.1) is 6.92 Å². The van der Waals surface area contributed by atoms with Crippen LogP contribution in [0.15, 0.2) is 60.8 Å². The topological polar surface area (TPSA) is 69.4 Å². The SMILES string of the molecule is Cc1nc2ccc(Oc3ccc(-c4ccnn4COCC[Si](C)(C)C)cc3)cc2cc1CO. The van der Waals surface area contributed by atoms with Crippen LogP contribution in [0.4, 0.5) is 0 Å². The van der Waals surface area contributed by atoms with E-state index < -0.39 is 8.07 Å². The lowest BCUT2D eigenvalue weighted by atomic mass is 10.1.